The number of Topliss-reactive ketones (excluding diaryl/α,β-unsaturated/α-hetero) is 1. The second-order valence-electron chi connectivity index (χ2n) is 7.31. The highest BCUT2D eigenvalue weighted by atomic mass is 35.5. The lowest BCUT2D eigenvalue weighted by Crippen LogP contribution is -2.18. The quantitative estimate of drug-likeness (QED) is 0.528. The van der Waals surface area contributed by atoms with Crippen molar-refractivity contribution >= 4 is 17.4 Å². The van der Waals surface area contributed by atoms with Gasteiger partial charge in [-0.25, -0.2) is 4.39 Å². The summed E-state index contributed by atoms with van der Waals surface area (Å²) in [6.07, 6.45) is 1.58. The van der Waals surface area contributed by atoms with Gasteiger partial charge in [0.05, 0.1) is 6.61 Å². The molecular weight excluding hydrogens is 421 g/mol. The van der Waals surface area contributed by atoms with Gasteiger partial charge in [-0.15, -0.1) is 0 Å². The summed E-state index contributed by atoms with van der Waals surface area (Å²) in [6, 6.07) is 12.8. The number of ketones is 1. The standard InChI is InChI=1S/C24H23ClFNO4/c1-15-11-18(25)5-6-19(15)20(13-22(29)17-4-8-24(30)27(2)14-17)16-3-7-23(21(26)12-16)31-10-9-28/h3-8,11-12,14,20,28H,9-10,13H2,1-2H3. The Balaban J connectivity index is 2.01. The molecule has 0 fully saturated rings. The second kappa shape index (κ2) is 9.90. The average molecular weight is 444 g/mol. The zero-order chi connectivity index (χ0) is 22.5. The zero-order valence-electron chi connectivity index (χ0n) is 17.3. The Hall–Kier alpha value is -2.96. The molecule has 3 rings (SSSR count). The molecule has 3 aromatic rings. The lowest BCUT2D eigenvalue weighted by Gasteiger charge is -2.21. The molecule has 162 valence electrons. The molecule has 1 atom stereocenters. The number of pyridine rings is 1. The SMILES string of the molecule is Cc1cc(Cl)ccc1C(CC(=O)c1ccc(=O)n(C)c1)c1ccc(OCCO)c(F)c1. The molecule has 1 unspecified atom stereocenters. The van der Waals surface area contributed by atoms with E-state index < -0.39 is 11.7 Å². The van der Waals surface area contributed by atoms with Gasteiger partial charge in [-0.05, 0) is 53.9 Å². The number of benzene rings is 2. The van der Waals surface area contributed by atoms with Gasteiger partial charge in [0.2, 0.25) is 5.56 Å². The van der Waals surface area contributed by atoms with E-state index in [1.54, 1.807) is 25.2 Å². The number of carbonyl (C=O) groups is 1. The second-order valence-corrected chi connectivity index (χ2v) is 7.75. The Kier molecular flexibility index (Phi) is 7.25. The number of halogens is 2. The Bertz CT molecular complexity index is 1160. The first-order valence-electron chi connectivity index (χ1n) is 9.79. The van der Waals surface area contributed by atoms with Crippen molar-refractivity contribution < 1.29 is 19.0 Å². The van der Waals surface area contributed by atoms with Crippen LogP contribution >= 0.6 is 11.6 Å². The van der Waals surface area contributed by atoms with Gasteiger partial charge < -0.3 is 14.4 Å². The van der Waals surface area contributed by atoms with Crippen molar-refractivity contribution in [3.8, 4) is 5.75 Å². The van der Waals surface area contributed by atoms with Crippen molar-refractivity contribution in [3.05, 3.63) is 98.2 Å². The van der Waals surface area contributed by atoms with Crippen molar-refractivity contribution in [2.24, 2.45) is 7.05 Å². The van der Waals surface area contributed by atoms with Crippen LogP contribution in [0, 0.1) is 12.7 Å². The van der Waals surface area contributed by atoms with E-state index in [4.69, 9.17) is 21.4 Å². The first kappa shape index (κ1) is 22.7. The first-order valence-corrected chi connectivity index (χ1v) is 10.2. The minimum absolute atomic E-state index is 0.0127. The van der Waals surface area contributed by atoms with Crippen molar-refractivity contribution in [1.82, 2.24) is 4.57 Å². The summed E-state index contributed by atoms with van der Waals surface area (Å²) < 4.78 is 21.2. The van der Waals surface area contributed by atoms with E-state index in [1.165, 1.54) is 35.0 Å². The molecule has 0 spiro atoms. The third-order valence-electron chi connectivity index (χ3n) is 5.11. The lowest BCUT2D eigenvalue weighted by atomic mass is 9.84. The number of aromatic nitrogens is 1. The van der Waals surface area contributed by atoms with E-state index in [0.717, 1.165) is 11.1 Å². The van der Waals surface area contributed by atoms with Crippen LogP contribution in [0.25, 0.3) is 0 Å². The molecule has 31 heavy (non-hydrogen) atoms. The van der Waals surface area contributed by atoms with Crippen molar-refractivity contribution in [2.75, 3.05) is 13.2 Å². The minimum Gasteiger partial charge on any atom is -0.488 e. The van der Waals surface area contributed by atoms with Gasteiger partial charge in [-0.2, -0.15) is 0 Å². The molecule has 0 bridgehead atoms. The number of aliphatic hydroxyl groups excluding tert-OH is 1. The van der Waals surface area contributed by atoms with Crippen molar-refractivity contribution in [2.45, 2.75) is 19.3 Å². The Labute approximate surface area is 184 Å². The Morgan fingerprint density at radius 1 is 1.19 bits per heavy atom. The fourth-order valence-electron chi connectivity index (χ4n) is 3.51. The van der Waals surface area contributed by atoms with Crippen molar-refractivity contribution in [1.29, 1.82) is 0 Å². The van der Waals surface area contributed by atoms with E-state index in [2.05, 4.69) is 0 Å². The van der Waals surface area contributed by atoms with Gasteiger partial charge in [-0.3, -0.25) is 9.59 Å². The van der Waals surface area contributed by atoms with E-state index in [0.29, 0.717) is 16.1 Å². The minimum atomic E-state index is -0.572. The Morgan fingerprint density at radius 2 is 1.97 bits per heavy atom. The molecule has 1 N–H and O–H groups in total. The van der Waals surface area contributed by atoms with Crippen LogP contribution in [0.4, 0.5) is 4.39 Å². The number of ether oxygens (including phenoxy) is 1. The van der Waals surface area contributed by atoms with Crippen molar-refractivity contribution in [3.63, 3.8) is 0 Å². The molecule has 5 nitrogen and oxygen atoms in total. The predicted molar refractivity (Wildman–Crippen MR) is 118 cm³/mol. The summed E-state index contributed by atoms with van der Waals surface area (Å²) in [7, 11) is 1.58. The van der Waals surface area contributed by atoms with Crippen LogP contribution in [-0.2, 0) is 7.05 Å². The monoisotopic (exact) mass is 443 g/mol. The van der Waals surface area contributed by atoms with Crippen LogP contribution in [0.1, 0.15) is 39.4 Å². The summed E-state index contributed by atoms with van der Waals surface area (Å²) in [4.78, 5) is 24.7. The predicted octanol–water partition coefficient (Wildman–Crippen LogP) is 4.26. The normalized spacial score (nSPS) is 11.9. The maximum absolute atomic E-state index is 14.6. The van der Waals surface area contributed by atoms with Gasteiger partial charge in [-0.1, -0.05) is 23.7 Å². The molecule has 0 aliphatic heterocycles. The molecule has 0 saturated carbocycles. The number of rotatable bonds is 8. The topological polar surface area (TPSA) is 68.5 Å². The summed E-state index contributed by atoms with van der Waals surface area (Å²) in [5.41, 5.74) is 2.54. The van der Waals surface area contributed by atoms with Gasteiger partial charge in [0.25, 0.3) is 0 Å². The number of carbonyl (C=O) groups excluding carboxylic acids is 1. The highest BCUT2D eigenvalue weighted by Crippen LogP contribution is 2.34. The maximum Gasteiger partial charge on any atom is 0.250 e. The first-order chi connectivity index (χ1) is 14.8. The number of aryl methyl sites for hydroxylation is 2. The van der Waals surface area contributed by atoms with Crippen LogP contribution in [0.3, 0.4) is 0 Å². The highest BCUT2D eigenvalue weighted by Gasteiger charge is 2.23. The van der Waals surface area contributed by atoms with Gasteiger partial charge >= 0.3 is 0 Å². The molecule has 2 aromatic carbocycles. The van der Waals surface area contributed by atoms with Gasteiger partial charge in [0.15, 0.2) is 17.3 Å². The van der Waals surface area contributed by atoms with Crippen LogP contribution in [-0.4, -0.2) is 28.7 Å². The summed E-state index contributed by atoms with van der Waals surface area (Å²) in [5.74, 6) is -1.13. The van der Waals surface area contributed by atoms with Crippen LogP contribution in [0.15, 0.2) is 59.5 Å². The maximum atomic E-state index is 14.6. The van der Waals surface area contributed by atoms with E-state index in [-0.39, 0.29) is 36.7 Å². The summed E-state index contributed by atoms with van der Waals surface area (Å²) in [5, 5.41) is 9.46. The number of nitrogens with zero attached hydrogens (tertiary/aromatic N) is 1. The molecule has 0 saturated heterocycles. The molecule has 1 heterocycles. The number of hydrogen-bond donors (Lipinski definition) is 1. The van der Waals surface area contributed by atoms with E-state index in [1.807, 2.05) is 13.0 Å². The molecule has 1 aromatic heterocycles. The molecule has 0 amide bonds. The highest BCUT2D eigenvalue weighted by molar-refractivity contribution is 6.30. The smallest absolute Gasteiger partial charge is 0.250 e. The Morgan fingerprint density at radius 3 is 2.61 bits per heavy atom. The molecule has 0 aliphatic carbocycles. The van der Waals surface area contributed by atoms with Crippen LogP contribution < -0.4 is 10.3 Å². The fraction of sp³-hybridized carbons (Fsp3) is 0.250. The van der Waals surface area contributed by atoms with Crippen LogP contribution in [0.2, 0.25) is 5.02 Å². The summed E-state index contributed by atoms with van der Waals surface area (Å²) in [6.45, 7) is 1.66. The van der Waals surface area contributed by atoms with E-state index >= 15 is 0 Å². The fourth-order valence-corrected chi connectivity index (χ4v) is 3.73. The number of hydrogen-bond acceptors (Lipinski definition) is 4. The third-order valence-corrected chi connectivity index (χ3v) is 5.35. The average Bonchev–Trinajstić information content (AvgIpc) is 2.73. The molecule has 0 radical (unpaired) electrons. The third kappa shape index (κ3) is 5.40. The summed E-state index contributed by atoms with van der Waals surface area (Å²) >= 11 is 6.10. The zero-order valence-corrected chi connectivity index (χ0v) is 18.0. The van der Waals surface area contributed by atoms with E-state index in [9.17, 15) is 14.0 Å². The molecule has 0 aliphatic rings. The molecular formula is C24H23ClFNO4. The lowest BCUT2D eigenvalue weighted by molar-refractivity contribution is 0.0976. The van der Waals surface area contributed by atoms with Gasteiger partial charge in [0.1, 0.15) is 6.61 Å². The largest absolute Gasteiger partial charge is 0.488 e. The molecule has 7 heteroatoms. The number of aliphatic hydroxyl groups is 1. The van der Waals surface area contributed by atoms with Crippen LogP contribution in [0.5, 0.6) is 5.75 Å². The van der Waals surface area contributed by atoms with Gasteiger partial charge in [0, 0.05) is 42.2 Å².